The molecule has 6 nitrogen and oxygen atoms in total. The van der Waals surface area contributed by atoms with E-state index >= 15 is 0 Å². The van der Waals surface area contributed by atoms with E-state index < -0.39 is 33.4 Å². The lowest BCUT2D eigenvalue weighted by Crippen LogP contribution is -2.50. The van der Waals surface area contributed by atoms with Crippen LogP contribution in [-0.4, -0.2) is 21.5 Å². The van der Waals surface area contributed by atoms with E-state index in [1.54, 1.807) is 13.8 Å². The second kappa shape index (κ2) is 5.48. The number of rotatable bonds is 5. The molecule has 0 radical (unpaired) electrons. The van der Waals surface area contributed by atoms with Gasteiger partial charge in [-0.15, -0.1) is 0 Å². The van der Waals surface area contributed by atoms with E-state index in [9.17, 15) is 24.4 Å². The molecular formula is C13H16ClFN2O4. The fourth-order valence-corrected chi connectivity index (χ4v) is 1.71. The number of nitro groups is 1. The summed E-state index contributed by atoms with van der Waals surface area (Å²) >= 11 is 5.54. The van der Waals surface area contributed by atoms with Gasteiger partial charge in [-0.2, -0.15) is 0 Å². The summed E-state index contributed by atoms with van der Waals surface area (Å²) in [6.45, 7) is 6.08. The molecule has 8 heteroatoms. The van der Waals surface area contributed by atoms with Crippen LogP contribution in [0.2, 0.25) is 5.02 Å². The molecule has 0 spiro atoms. The molecule has 0 heterocycles. The number of benzene rings is 1. The van der Waals surface area contributed by atoms with Gasteiger partial charge in [-0.25, -0.2) is 4.39 Å². The minimum atomic E-state index is -1.25. The molecule has 0 fully saturated rings. The van der Waals surface area contributed by atoms with Crippen molar-refractivity contribution in [2.24, 2.45) is 5.41 Å². The fraction of sp³-hybridized carbons (Fsp3) is 0.462. The van der Waals surface area contributed by atoms with Crippen molar-refractivity contribution in [2.75, 3.05) is 5.32 Å². The molecule has 0 aromatic heterocycles. The van der Waals surface area contributed by atoms with E-state index in [0.29, 0.717) is 0 Å². The molecule has 0 aliphatic rings. The van der Waals surface area contributed by atoms with E-state index in [4.69, 9.17) is 11.6 Å². The Morgan fingerprint density at radius 2 is 1.90 bits per heavy atom. The number of anilines is 1. The Morgan fingerprint density at radius 3 is 2.33 bits per heavy atom. The van der Waals surface area contributed by atoms with Crippen molar-refractivity contribution in [2.45, 2.75) is 33.2 Å². The summed E-state index contributed by atoms with van der Waals surface area (Å²) in [6, 6.07) is 1.78. The number of carbonyl (C=O) groups is 1. The Bertz CT molecular complexity index is 602. The van der Waals surface area contributed by atoms with Crippen molar-refractivity contribution in [3.63, 3.8) is 0 Å². The molecular weight excluding hydrogens is 303 g/mol. The quantitative estimate of drug-likeness (QED) is 0.638. The van der Waals surface area contributed by atoms with E-state index in [0.717, 1.165) is 12.1 Å². The largest absolute Gasteiger partial charge is 0.481 e. The predicted molar refractivity (Wildman–Crippen MR) is 77.2 cm³/mol. The molecule has 21 heavy (non-hydrogen) atoms. The van der Waals surface area contributed by atoms with Gasteiger partial charge in [-0.1, -0.05) is 11.6 Å². The highest BCUT2D eigenvalue weighted by Crippen LogP contribution is 2.38. The van der Waals surface area contributed by atoms with Crippen LogP contribution in [-0.2, 0) is 4.79 Å². The van der Waals surface area contributed by atoms with Crippen molar-refractivity contribution in [3.05, 3.63) is 33.1 Å². The normalized spacial score (nSPS) is 12.1. The van der Waals surface area contributed by atoms with Crippen molar-refractivity contribution in [1.82, 2.24) is 0 Å². The number of nitrogens with one attached hydrogen (secondary N) is 1. The van der Waals surface area contributed by atoms with Gasteiger partial charge in [-0.05, 0) is 27.7 Å². The standard InChI is InChI=1S/C13H16ClFN2O4/c1-12(2,11(18)19)13(3,4)16-9-6-8(15)7(14)5-10(9)17(20)21/h5-6,16H,1-4H3,(H,18,19). The molecule has 116 valence electrons. The van der Waals surface area contributed by atoms with Gasteiger partial charge in [0.15, 0.2) is 0 Å². The average molecular weight is 319 g/mol. The summed E-state index contributed by atoms with van der Waals surface area (Å²) in [5, 5.41) is 22.6. The first kappa shape index (κ1) is 17.2. The topological polar surface area (TPSA) is 92.5 Å². The van der Waals surface area contributed by atoms with Crippen LogP contribution in [0.4, 0.5) is 15.8 Å². The van der Waals surface area contributed by atoms with Crippen LogP contribution >= 0.6 is 11.6 Å². The minimum Gasteiger partial charge on any atom is -0.481 e. The third-order valence-electron chi connectivity index (χ3n) is 3.78. The summed E-state index contributed by atoms with van der Waals surface area (Å²) in [6.07, 6.45) is 0. The molecule has 2 N–H and O–H groups in total. The maximum atomic E-state index is 13.5. The van der Waals surface area contributed by atoms with Crippen LogP contribution in [0.15, 0.2) is 12.1 Å². The fourth-order valence-electron chi connectivity index (χ4n) is 1.55. The third-order valence-corrected chi connectivity index (χ3v) is 4.07. The zero-order valence-electron chi connectivity index (χ0n) is 12.0. The monoisotopic (exact) mass is 318 g/mol. The first-order valence-corrected chi connectivity index (χ1v) is 6.43. The van der Waals surface area contributed by atoms with Gasteiger partial charge in [0.1, 0.15) is 11.5 Å². The minimum absolute atomic E-state index is 0.124. The van der Waals surface area contributed by atoms with Crippen LogP contribution in [0.5, 0.6) is 0 Å². The van der Waals surface area contributed by atoms with Crippen LogP contribution in [0, 0.1) is 21.3 Å². The highest BCUT2D eigenvalue weighted by molar-refractivity contribution is 6.31. The maximum Gasteiger partial charge on any atom is 0.311 e. The van der Waals surface area contributed by atoms with E-state index in [-0.39, 0.29) is 10.7 Å². The molecule has 0 aliphatic heterocycles. The molecule has 0 aliphatic carbocycles. The maximum absolute atomic E-state index is 13.5. The van der Waals surface area contributed by atoms with Crippen molar-refractivity contribution in [3.8, 4) is 0 Å². The van der Waals surface area contributed by atoms with Crippen LogP contribution in [0.25, 0.3) is 0 Å². The number of aliphatic carboxylic acids is 1. The van der Waals surface area contributed by atoms with Gasteiger partial charge < -0.3 is 10.4 Å². The molecule has 0 bridgehead atoms. The zero-order valence-corrected chi connectivity index (χ0v) is 12.8. The summed E-state index contributed by atoms with van der Waals surface area (Å²) in [5.41, 5.74) is -2.88. The van der Waals surface area contributed by atoms with E-state index in [1.807, 2.05) is 0 Å². The number of hydrogen-bond acceptors (Lipinski definition) is 4. The van der Waals surface area contributed by atoms with E-state index in [1.165, 1.54) is 13.8 Å². The van der Waals surface area contributed by atoms with E-state index in [2.05, 4.69) is 5.32 Å². The molecule has 1 aromatic carbocycles. The second-order valence-electron chi connectivity index (χ2n) is 5.72. The van der Waals surface area contributed by atoms with Gasteiger partial charge in [0.05, 0.1) is 15.4 Å². The molecule has 0 atom stereocenters. The molecule has 0 amide bonds. The number of nitro benzene ring substituents is 1. The SMILES string of the molecule is CC(C)(Nc1cc(F)c(Cl)cc1[N+](=O)[O-])C(C)(C)C(=O)O. The lowest BCUT2D eigenvalue weighted by Gasteiger charge is -2.39. The first-order valence-electron chi connectivity index (χ1n) is 6.05. The van der Waals surface area contributed by atoms with Crippen LogP contribution < -0.4 is 5.32 Å². The summed E-state index contributed by atoms with van der Waals surface area (Å²) < 4.78 is 13.5. The van der Waals surface area contributed by atoms with Crippen molar-refractivity contribution in [1.29, 1.82) is 0 Å². The van der Waals surface area contributed by atoms with Crippen molar-refractivity contribution < 1.29 is 19.2 Å². The Labute approximate surface area is 126 Å². The van der Waals surface area contributed by atoms with Crippen LogP contribution in [0.1, 0.15) is 27.7 Å². The highest BCUT2D eigenvalue weighted by Gasteiger charge is 2.44. The average Bonchev–Trinajstić information content (AvgIpc) is 2.32. The molecule has 0 unspecified atom stereocenters. The van der Waals surface area contributed by atoms with Gasteiger partial charge in [0.25, 0.3) is 5.69 Å². The third kappa shape index (κ3) is 3.24. The molecule has 0 saturated carbocycles. The smallest absolute Gasteiger partial charge is 0.311 e. The molecule has 0 saturated heterocycles. The number of carboxylic acid groups (broad SMARTS) is 1. The number of hydrogen-bond donors (Lipinski definition) is 2. The lowest BCUT2D eigenvalue weighted by molar-refractivity contribution is -0.384. The Hall–Kier alpha value is -1.89. The Kier molecular flexibility index (Phi) is 4.48. The first-order chi connectivity index (χ1) is 9.40. The van der Waals surface area contributed by atoms with Gasteiger partial charge in [-0.3, -0.25) is 14.9 Å². The number of nitrogens with zero attached hydrogens (tertiary/aromatic N) is 1. The Morgan fingerprint density at radius 1 is 1.38 bits per heavy atom. The summed E-state index contributed by atoms with van der Waals surface area (Å²) in [4.78, 5) is 21.6. The van der Waals surface area contributed by atoms with Crippen LogP contribution in [0.3, 0.4) is 0 Å². The highest BCUT2D eigenvalue weighted by atomic mass is 35.5. The number of halogens is 2. The predicted octanol–water partition coefficient (Wildman–Crippen LogP) is 3.69. The van der Waals surface area contributed by atoms with Gasteiger partial charge in [0.2, 0.25) is 0 Å². The number of carboxylic acids is 1. The van der Waals surface area contributed by atoms with Crippen molar-refractivity contribution >= 4 is 28.9 Å². The second-order valence-corrected chi connectivity index (χ2v) is 6.13. The lowest BCUT2D eigenvalue weighted by atomic mass is 9.74. The molecule has 1 rings (SSSR count). The summed E-state index contributed by atoms with van der Waals surface area (Å²) in [7, 11) is 0. The van der Waals surface area contributed by atoms with Gasteiger partial charge in [0, 0.05) is 17.7 Å². The van der Waals surface area contributed by atoms with Gasteiger partial charge >= 0.3 is 5.97 Å². The Balaban J connectivity index is 3.33. The zero-order chi connectivity index (χ0) is 16.6. The molecule has 1 aromatic rings. The summed E-state index contributed by atoms with van der Waals surface area (Å²) in [5.74, 6) is -1.91.